The van der Waals surface area contributed by atoms with Gasteiger partial charge in [0.25, 0.3) is 0 Å². The smallest absolute Gasteiger partial charge is 0.407 e. The number of hydrogen-bond donors (Lipinski definition) is 3. The molecule has 8 heteroatoms. The molecule has 0 bridgehead atoms. The topological polar surface area (TPSA) is 74.3 Å². The zero-order chi connectivity index (χ0) is 21.7. The number of aromatic amines is 1. The first-order valence-corrected chi connectivity index (χ1v) is 10.3. The van der Waals surface area contributed by atoms with E-state index >= 15 is 0 Å². The number of carbonyl (C=O) groups excluding carboxylic acids is 1. The summed E-state index contributed by atoms with van der Waals surface area (Å²) in [5.41, 5.74) is 2.21. The van der Waals surface area contributed by atoms with Crippen LogP contribution in [-0.4, -0.2) is 34.4 Å². The fourth-order valence-corrected chi connectivity index (χ4v) is 4.46. The van der Waals surface area contributed by atoms with Gasteiger partial charge in [-0.3, -0.25) is 0 Å². The SMILES string of the molecule is O=C(NC1CC(O)C1)OC1CC(c2c(-c3ccc(F)cc3)[nH]c3c(F)cc(F)cc23)C1. The number of fused-ring (bicyclic) bond motifs is 1. The van der Waals surface area contributed by atoms with Gasteiger partial charge >= 0.3 is 6.09 Å². The number of alkyl carbamates (subject to hydrolysis) is 1. The van der Waals surface area contributed by atoms with E-state index < -0.39 is 17.7 Å². The van der Waals surface area contributed by atoms with E-state index in [0.29, 0.717) is 42.3 Å². The summed E-state index contributed by atoms with van der Waals surface area (Å²) in [7, 11) is 0. The lowest BCUT2D eigenvalue weighted by Gasteiger charge is -2.37. The third-order valence-corrected chi connectivity index (χ3v) is 6.21. The molecule has 162 valence electrons. The maximum atomic E-state index is 14.4. The summed E-state index contributed by atoms with van der Waals surface area (Å²) in [5, 5.41) is 12.5. The van der Waals surface area contributed by atoms with Crippen molar-refractivity contribution in [2.24, 2.45) is 0 Å². The number of H-pyrrole nitrogens is 1. The van der Waals surface area contributed by atoms with Gasteiger partial charge in [0.2, 0.25) is 0 Å². The lowest BCUT2D eigenvalue weighted by molar-refractivity contribution is 0.0237. The maximum Gasteiger partial charge on any atom is 0.407 e. The first-order chi connectivity index (χ1) is 14.9. The fraction of sp³-hybridized carbons (Fsp3) is 0.348. The first kappa shape index (κ1) is 19.9. The molecule has 0 spiro atoms. The van der Waals surface area contributed by atoms with Crippen LogP contribution < -0.4 is 5.32 Å². The van der Waals surface area contributed by atoms with Crippen molar-refractivity contribution in [2.45, 2.75) is 49.9 Å². The number of hydrogen-bond acceptors (Lipinski definition) is 3. The highest BCUT2D eigenvalue weighted by Crippen LogP contribution is 2.46. The zero-order valence-corrected chi connectivity index (χ0v) is 16.5. The molecule has 3 N–H and O–H groups in total. The average Bonchev–Trinajstić information content (AvgIpc) is 3.03. The molecule has 0 unspecified atom stereocenters. The Balaban J connectivity index is 1.38. The number of benzene rings is 2. The third-order valence-electron chi connectivity index (χ3n) is 6.21. The predicted octanol–water partition coefficient (Wildman–Crippen LogP) is 4.75. The highest BCUT2D eigenvalue weighted by Gasteiger charge is 2.38. The molecular weight excluding hydrogens is 409 g/mol. The molecule has 31 heavy (non-hydrogen) atoms. The van der Waals surface area contributed by atoms with E-state index in [1.54, 1.807) is 12.1 Å². The molecule has 5 nitrogen and oxygen atoms in total. The highest BCUT2D eigenvalue weighted by molar-refractivity contribution is 5.92. The number of ether oxygens (including phenoxy) is 1. The Labute approximate surface area is 176 Å². The van der Waals surface area contributed by atoms with E-state index in [1.807, 2.05) is 0 Å². The van der Waals surface area contributed by atoms with Gasteiger partial charge in [-0.15, -0.1) is 0 Å². The average molecular weight is 430 g/mol. The lowest BCUT2D eigenvalue weighted by atomic mass is 9.75. The molecule has 0 saturated heterocycles. The van der Waals surface area contributed by atoms with Gasteiger partial charge in [0.15, 0.2) is 0 Å². The summed E-state index contributed by atoms with van der Waals surface area (Å²) in [6.07, 6.45) is 0.881. The van der Waals surface area contributed by atoms with Crippen LogP contribution in [0.25, 0.3) is 22.2 Å². The minimum Gasteiger partial charge on any atom is -0.446 e. The summed E-state index contributed by atoms with van der Waals surface area (Å²) in [4.78, 5) is 15.1. The molecule has 2 saturated carbocycles. The lowest BCUT2D eigenvalue weighted by Crippen LogP contribution is -2.48. The largest absolute Gasteiger partial charge is 0.446 e. The number of carbonyl (C=O) groups is 1. The summed E-state index contributed by atoms with van der Waals surface area (Å²) >= 11 is 0. The number of amides is 1. The van der Waals surface area contributed by atoms with Crippen molar-refractivity contribution < 1.29 is 27.8 Å². The number of nitrogens with one attached hydrogen (secondary N) is 2. The van der Waals surface area contributed by atoms with Crippen molar-refractivity contribution in [3.05, 3.63) is 59.4 Å². The standard InChI is InChI=1S/C23H21F3N2O3/c24-13-3-1-11(2-4-13)21-20(18-7-14(25)8-19(26)22(18)28-21)12-5-17(6-12)31-23(30)27-15-9-16(29)10-15/h1-4,7-8,12,15-17,28-29H,5-6,9-10H2,(H,27,30). The molecule has 0 radical (unpaired) electrons. The van der Waals surface area contributed by atoms with Crippen molar-refractivity contribution in [3.8, 4) is 11.3 Å². The molecule has 1 amide bonds. The molecule has 2 aromatic carbocycles. The second-order valence-corrected chi connectivity index (χ2v) is 8.39. The summed E-state index contributed by atoms with van der Waals surface area (Å²) in [6, 6.07) is 7.86. The Hall–Kier alpha value is -3.00. The van der Waals surface area contributed by atoms with Gasteiger partial charge in [-0.05, 0) is 73.1 Å². The Morgan fingerprint density at radius 2 is 1.74 bits per heavy atom. The van der Waals surface area contributed by atoms with Crippen LogP contribution in [0.5, 0.6) is 0 Å². The van der Waals surface area contributed by atoms with Gasteiger partial charge < -0.3 is 20.1 Å². The van der Waals surface area contributed by atoms with E-state index in [9.17, 15) is 23.1 Å². The van der Waals surface area contributed by atoms with Crippen LogP contribution >= 0.6 is 0 Å². The van der Waals surface area contributed by atoms with E-state index in [1.165, 1.54) is 18.2 Å². The fourth-order valence-electron chi connectivity index (χ4n) is 4.46. The Morgan fingerprint density at radius 3 is 2.42 bits per heavy atom. The Bertz CT molecular complexity index is 1130. The molecule has 2 fully saturated rings. The quantitative estimate of drug-likeness (QED) is 0.559. The first-order valence-electron chi connectivity index (χ1n) is 10.3. The van der Waals surface area contributed by atoms with Crippen LogP contribution in [0.3, 0.4) is 0 Å². The van der Waals surface area contributed by atoms with Crippen LogP contribution in [0.2, 0.25) is 0 Å². The van der Waals surface area contributed by atoms with Crippen LogP contribution in [0.15, 0.2) is 36.4 Å². The second kappa shape index (κ2) is 7.60. The molecule has 0 atom stereocenters. The maximum absolute atomic E-state index is 14.4. The number of rotatable bonds is 4. The van der Waals surface area contributed by atoms with E-state index in [0.717, 1.165) is 11.6 Å². The Morgan fingerprint density at radius 1 is 1.03 bits per heavy atom. The predicted molar refractivity (Wildman–Crippen MR) is 108 cm³/mol. The summed E-state index contributed by atoms with van der Waals surface area (Å²) in [5.74, 6) is -1.83. The van der Waals surface area contributed by atoms with Crippen molar-refractivity contribution >= 4 is 17.0 Å². The van der Waals surface area contributed by atoms with E-state index in [4.69, 9.17) is 4.74 Å². The second-order valence-electron chi connectivity index (χ2n) is 8.39. The minimum atomic E-state index is -0.696. The van der Waals surface area contributed by atoms with Crippen molar-refractivity contribution in [1.82, 2.24) is 10.3 Å². The zero-order valence-electron chi connectivity index (χ0n) is 16.5. The number of halogens is 3. The molecule has 1 aromatic heterocycles. The van der Waals surface area contributed by atoms with E-state index in [2.05, 4.69) is 10.3 Å². The summed E-state index contributed by atoms with van der Waals surface area (Å²) < 4.78 is 47.2. The van der Waals surface area contributed by atoms with Gasteiger partial charge in [-0.25, -0.2) is 18.0 Å². The highest BCUT2D eigenvalue weighted by atomic mass is 19.1. The number of aliphatic hydroxyl groups excluding tert-OH is 1. The van der Waals surface area contributed by atoms with Gasteiger partial charge in [0.1, 0.15) is 23.6 Å². The minimum absolute atomic E-state index is 0.0666. The van der Waals surface area contributed by atoms with Crippen molar-refractivity contribution in [1.29, 1.82) is 0 Å². The molecule has 0 aliphatic heterocycles. The van der Waals surface area contributed by atoms with Gasteiger partial charge in [-0.2, -0.15) is 0 Å². The monoisotopic (exact) mass is 430 g/mol. The molecule has 5 rings (SSSR count). The molecule has 2 aliphatic rings. The third kappa shape index (κ3) is 3.76. The Kier molecular flexibility index (Phi) is 4.89. The van der Waals surface area contributed by atoms with Crippen LogP contribution in [0.1, 0.15) is 37.2 Å². The van der Waals surface area contributed by atoms with E-state index in [-0.39, 0.29) is 35.5 Å². The molecule has 2 aliphatic carbocycles. The van der Waals surface area contributed by atoms with Crippen molar-refractivity contribution in [2.75, 3.05) is 0 Å². The molecular formula is C23H21F3N2O3. The molecule has 1 heterocycles. The summed E-state index contributed by atoms with van der Waals surface area (Å²) in [6.45, 7) is 0. The van der Waals surface area contributed by atoms with Crippen molar-refractivity contribution in [3.63, 3.8) is 0 Å². The normalized spacial score (nSPS) is 25.0. The number of aromatic nitrogens is 1. The van der Waals surface area contributed by atoms with Crippen LogP contribution in [0, 0.1) is 17.5 Å². The van der Waals surface area contributed by atoms with Crippen LogP contribution in [0.4, 0.5) is 18.0 Å². The molecule has 3 aromatic rings. The van der Waals surface area contributed by atoms with Crippen LogP contribution in [-0.2, 0) is 4.74 Å². The van der Waals surface area contributed by atoms with Gasteiger partial charge in [0, 0.05) is 17.5 Å². The van der Waals surface area contributed by atoms with Gasteiger partial charge in [0.05, 0.1) is 17.3 Å². The van der Waals surface area contributed by atoms with Gasteiger partial charge in [-0.1, -0.05) is 0 Å². The number of aliphatic hydroxyl groups is 1.